The third-order valence-electron chi connectivity index (χ3n) is 4.78. The lowest BCUT2D eigenvalue weighted by atomic mass is 10.0. The first-order valence-corrected chi connectivity index (χ1v) is 8.79. The average molecular weight is 353 g/mol. The van der Waals surface area contributed by atoms with Crippen LogP contribution in [0.2, 0.25) is 0 Å². The second-order valence-electron chi connectivity index (χ2n) is 6.82. The highest BCUT2D eigenvalue weighted by atomic mass is 16.5. The number of fused-ring (bicyclic) bond motifs is 1. The molecule has 0 unspecified atom stereocenters. The minimum Gasteiger partial charge on any atom is -0.465 e. The Kier molecular flexibility index (Phi) is 4.46. The predicted molar refractivity (Wildman–Crippen MR) is 95.7 cm³/mol. The minimum atomic E-state index is 0.201. The first-order chi connectivity index (χ1) is 12.6. The van der Waals surface area contributed by atoms with Crippen molar-refractivity contribution in [3.8, 4) is 6.01 Å². The quantitative estimate of drug-likeness (QED) is 0.702. The Bertz CT molecular complexity index is 901. The van der Waals surface area contributed by atoms with E-state index in [1.54, 1.807) is 6.20 Å². The van der Waals surface area contributed by atoms with Crippen LogP contribution in [0.25, 0.3) is 0 Å². The van der Waals surface area contributed by atoms with Crippen LogP contribution in [0, 0.1) is 13.8 Å². The molecule has 0 saturated heterocycles. The maximum Gasteiger partial charge on any atom is 0.316 e. The fraction of sp³-hybridized carbons (Fsp3) is 0.421. The van der Waals surface area contributed by atoms with Gasteiger partial charge in [-0.25, -0.2) is 15.0 Å². The third-order valence-corrected chi connectivity index (χ3v) is 4.78. The van der Waals surface area contributed by atoms with Crippen molar-refractivity contribution in [1.82, 2.24) is 24.4 Å². The van der Waals surface area contributed by atoms with E-state index in [2.05, 4.69) is 24.4 Å². The smallest absolute Gasteiger partial charge is 0.316 e. The number of aromatic nitrogens is 4. The van der Waals surface area contributed by atoms with E-state index in [0.717, 1.165) is 42.4 Å². The van der Waals surface area contributed by atoms with Gasteiger partial charge < -0.3 is 13.7 Å². The van der Waals surface area contributed by atoms with Crippen LogP contribution in [0.4, 0.5) is 0 Å². The molecule has 0 aliphatic carbocycles. The lowest BCUT2D eigenvalue weighted by molar-refractivity contribution is 0.0951. The number of rotatable bonds is 5. The van der Waals surface area contributed by atoms with Gasteiger partial charge in [0.2, 0.25) is 0 Å². The average Bonchev–Trinajstić information content (AvgIpc) is 3.19. The van der Waals surface area contributed by atoms with Gasteiger partial charge in [-0.05, 0) is 32.0 Å². The molecule has 1 atom stereocenters. The first kappa shape index (κ1) is 16.8. The van der Waals surface area contributed by atoms with E-state index in [1.807, 2.05) is 45.4 Å². The molecule has 4 rings (SSSR count). The standard InChI is InChI=1S/C19H23N5O2/c1-13-6-7-20-19(22-13)25-11-15-8-18-17(21-12-23(18)3)10-24(15)9-16-5-4-14(2)26-16/h4-7,12,15H,8-11H2,1-3H3/t15-/m1/s1. The van der Waals surface area contributed by atoms with E-state index in [1.165, 1.54) is 5.69 Å². The summed E-state index contributed by atoms with van der Waals surface area (Å²) in [5, 5.41) is 0. The molecule has 0 bridgehead atoms. The molecular weight excluding hydrogens is 330 g/mol. The van der Waals surface area contributed by atoms with Gasteiger partial charge in [0.15, 0.2) is 0 Å². The highest BCUT2D eigenvalue weighted by Crippen LogP contribution is 2.25. The van der Waals surface area contributed by atoms with Crippen molar-refractivity contribution in [3.63, 3.8) is 0 Å². The third kappa shape index (κ3) is 3.48. The number of nitrogens with zero attached hydrogens (tertiary/aromatic N) is 5. The van der Waals surface area contributed by atoms with Gasteiger partial charge in [0.25, 0.3) is 0 Å². The molecule has 4 heterocycles. The maximum absolute atomic E-state index is 5.91. The van der Waals surface area contributed by atoms with Crippen LogP contribution in [0.3, 0.4) is 0 Å². The SMILES string of the molecule is Cc1ccnc(OC[C@H]2Cc3c(ncn3C)CN2Cc2ccc(C)o2)n1. The molecule has 7 heteroatoms. The van der Waals surface area contributed by atoms with Crippen LogP contribution >= 0.6 is 0 Å². The van der Waals surface area contributed by atoms with Crippen molar-refractivity contribution < 1.29 is 9.15 Å². The Morgan fingerprint density at radius 1 is 1.23 bits per heavy atom. The van der Waals surface area contributed by atoms with Crippen molar-refractivity contribution in [2.75, 3.05) is 6.61 Å². The summed E-state index contributed by atoms with van der Waals surface area (Å²) in [6, 6.07) is 6.52. The van der Waals surface area contributed by atoms with Gasteiger partial charge in [0.05, 0.1) is 24.6 Å². The number of hydrogen-bond acceptors (Lipinski definition) is 6. The zero-order chi connectivity index (χ0) is 18.1. The Morgan fingerprint density at radius 3 is 2.88 bits per heavy atom. The summed E-state index contributed by atoms with van der Waals surface area (Å²) >= 11 is 0. The molecule has 0 amide bonds. The van der Waals surface area contributed by atoms with Crippen LogP contribution in [0.15, 0.2) is 35.1 Å². The molecule has 7 nitrogen and oxygen atoms in total. The minimum absolute atomic E-state index is 0.201. The molecule has 26 heavy (non-hydrogen) atoms. The number of furan rings is 1. The topological polar surface area (TPSA) is 69.2 Å². The Hall–Kier alpha value is -2.67. The van der Waals surface area contributed by atoms with Crippen molar-refractivity contribution in [2.24, 2.45) is 7.05 Å². The van der Waals surface area contributed by atoms with Gasteiger partial charge in [0, 0.05) is 37.6 Å². The summed E-state index contributed by atoms with van der Waals surface area (Å²) in [7, 11) is 2.04. The monoisotopic (exact) mass is 353 g/mol. The first-order valence-electron chi connectivity index (χ1n) is 8.79. The lowest BCUT2D eigenvalue weighted by Gasteiger charge is -2.34. The van der Waals surface area contributed by atoms with Crippen LogP contribution in [-0.4, -0.2) is 37.1 Å². The number of hydrogen-bond donors (Lipinski definition) is 0. The molecule has 1 aliphatic heterocycles. The van der Waals surface area contributed by atoms with Crippen LogP contribution in [0.5, 0.6) is 6.01 Å². The lowest BCUT2D eigenvalue weighted by Crippen LogP contribution is -2.44. The molecule has 1 aliphatic rings. The summed E-state index contributed by atoms with van der Waals surface area (Å²) in [4.78, 5) is 15.4. The zero-order valence-corrected chi connectivity index (χ0v) is 15.3. The molecule has 0 radical (unpaired) electrons. The van der Waals surface area contributed by atoms with Gasteiger partial charge in [-0.15, -0.1) is 0 Å². The summed E-state index contributed by atoms with van der Waals surface area (Å²) in [5.74, 6) is 1.88. The van der Waals surface area contributed by atoms with E-state index in [0.29, 0.717) is 12.6 Å². The van der Waals surface area contributed by atoms with E-state index >= 15 is 0 Å². The maximum atomic E-state index is 5.91. The fourth-order valence-electron chi connectivity index (χ4n) is 3.36. The normalized spacial score (nSPS) is 17.3. The second-order valence-corrected chi connectivity index (χ2v) is 6.82. The van der Waals surface area contributed by atoms with Crippen molar-refractivity contribution in [1.29, 1.82) is 0 Å². The molecular formula is C19H23N5O2. The van der Waals surface area contributed by atoms with Crippen LogP contribution in [-0.2, 0) is 26.6 Å². The molecule has 0 saturated carbocycles. The van der Waals surface area contributed by atoms with Crippen LogP contribution < -0.4 is 4.74 Å². The van der Waals surface area contributed by atoms with Crippen molar-refractivity contribution in [3.05, 3.63) is 59.3 Å². The fourth-order valence-corrected chi connectivity index (χ4v) is 3.36. The van der Waals surface area contributed by atoms with Gasteiger partial charge in [-0.2, -0.15) is 0 Å². The van der Waals surface area contributed by atoms with Crippen molar-refractivity contribution >= 4 is 0 Å². The number of ether oxygens (including phenoxy) is 1. The van der Waals surface area contributed by atoms with E-state index in [9.17, 15) is 0 Å². The van der Waals surface area contributed by atoms with Crippen molar-refractivity contribution in [2.45, 2.75) is 39.4 Å². The molecule has 3 aromatic rings. The molecule has 0 N–H and O–H groups in total. The Morgan fingerprint density at radius 2 is 2.12 bits per heavy atom. The highest BCUT2D eigenvalue weighted by Gasteiger charge is 2.30. The summed E-state index contributed by atoms with van der Waals surface area (Å²) in [5.41, 5.74) is 3.28. The molecule has 136 valence electrons. The van der Waals surface area contributed by atoms with Gasteiger partial charge in [-0.1, -0.05) is 0 Å². The number of aryl methyl sites for hydroxylation is 3. The summed E-state index contributed by atoms with van der Waals surface area (Å²) < 4.78 is 13.8. The summed E-state index contributed by atoms with van der Waals surface area (Å²) in [6.07, 6.45) is 4.48. The molecule has 0 aromatic carbocycles. The molecule has 0 fully saturated rings. The van der Waals surface area contributed by atoms with Gasteiger partial charge in [-0.3, -0.25) is 4.90 Å². The summed E-state index contributed by atoms with van der Waals surface area (Å²) in [6.45, 7) is 5.92. The molecule has 0 spiro atoms. The predicted octanol–water partition coefficient (Wildman–Crippen LogP) is 2.43. The van der Waals surface area contributed by atoms with Crippen LogP contribution in [0.1, 0.15) is 28.6 Å². The molecule has 3 aromatic heterocycles. The van der Waals surface area contributed by atoms with E-state index in [4.69, 9.17) is 9.15 Å². The van der Waals surface area contributed by atoms with E-state index in [-0.39, 0.29) is 6.04 Å². The highest BCUT2D eigenvalue weighted by molar-refractivity contribution is 5.19. The Balaban J connectivity index is 1.52. The largest absolute Gasteiger partial charge is 0.465 e. The van der Waals surface area contributed by atoms with E-state index < -0.39 is 0 Å². The zero-order valence-electron chi connectivity index (χ0n) is 15.3. The Labute approximate surface area is 152 Å². The second kappa shape index (κ2) is 6.92. The van der Waals surface area contributed by atoms with Gasteiger partial charge in [0.1, 0.15) is 18.1 Å². The van der Waals surface area contributed by atoms with Gasteiger partial charge >= 0.3 is 6.01 Å². The number of imidazole rings is 1.